The van der Waals surface area contributed by atoms with Crippen LogP contribution >= 0.6 is 0 Å². The molecule has 2 aromatic rings. The Balaban J connectivity index is 1.58. The molecular formula is C24H21FN4O2. The molecule has 4 rings (SSSR count). The van der Waals surface area contributed by atoms with E-state index in [9.17, 15) is 14.0 Å². The molecule has 6 nitrogen and oxygen atoms in total. The number of amidine groups is 1. The summed E-state index contributed by atoms with van der Waals surface area (Å²) in [7, 11) is 0. The fourth-order valence-corrected chi connectivity index (χ4v) is 3.38. The maximum Gasteiger partial charge on any atom is 0.322 e. The van der Waals surface area contributed by atoms with Gasteiger partial charge in [-0.05, 0) is 42.3 Å². The van der Waals surface area contributed by atoms with Gasteiger partial charge in [0.25, 0.3) is 5.91 Å². The second-order valence-corrected chi connectivity index (χ2v) is 7.35. The van der Waals surface area contributed by atoms with Crippen LogP contribution < -0.4 is 5.32 Å². The van der Waals surface area contributed by atoms with Crippen molar-refractivity contribution in [1.29, 1.82) is 0 Å². The van der Waals surface area contributed by atoms with E-state index in [1.807, 2.05) is 37.3 Å². The van der Waals surface area contributed by atoms with Crippen LogP contribution in [0.3, 0.4) is 0 Å². The molecule has 0 radical (unpaired) electrons. The Morgan fingerprint density at radius 1 is 1.06 bits per heavy atom. The van der Waals surface area contributed by atoms with Gasteiger partial charge in [-0.2, -0.15) is 4.99 Å². The highest BCUT2D eigenvalue weighted by Gasteiger charge is 2.28. The molecule has 31 heavy (non-hydrogen) atoms. The number of hydrogen-bond acceptors (Lipinski definition) is 3. The standard InChI is InChI=1S/C24H21FN4O2/c1-16-6-2-4-8-20(16)27-24(31)29(14-17-10-12-18(25)13-11-17)15-22-26-21-9-5-3-7-19(21)23(30)28-22/h2-13,19H,14-15H2,1H3,(H,27,31). The lowest BCUT2D eigenvalue weighted by molar-refractivity contribution is -0.118. The van der Waals surface area contributed by atoms with Gasteiger partial charge in [0.1, 0.15) is 11.7 Å². The average molecular weight is 416 g/mol. The van der Waals surface area contributed by atoms with Crippen molar-refractivity contribution in [2.24, 2.45) is 15.9 Å². The van der Waals surface area contributed by atoms with Crippen molar-refractivity contribution in [2.75, 3.05) is 11.9 Å². The van der Waals surface area contributed by atoms with E-state index in [-0.39, 0.29) is 36.7 Å². The van der Waals surface area contributed by atoms with Crippen molar-refractivity contribution < 1.29 is 14.0 Å². The molecule has 0 fully saturated rings. The molecule has 3 amide bonds. The molecule has 2 aliphatic rings. The summed E-state index contributed by atoms with van der Waals surface area (Å²) in [4.78, 5) is 35.6. The predicted molar refractivity (Wildman–Crippen MR) is 119 cm³/mol. The number of allylic oxidation sites excluding steroid dienone is 3. The number of carbonyl (C=O) groups excluding carboxylic acids is 2. The van der Waals surface area contributed by atoms with Crippen LogP contribution in [0, 0.1) is 18.7 Å². The topological polar surface area (TPSA) is 74.1 Å². The Bertz CT molecular complexity index is 1130. The third-order valence-corrected chi connectivity index (χ3v) is 5.06. The summed E-state index contributed by atoms with van der Waals surface area (Å²) in [5, 5.41) is 2.90. The summed E-state index contributed by atoms with van der Waals surface area (Å²) in [5.41, 5.74) is 2.96. The van der Waals surface area contributed by atoms with Gasteiger partial charge in [-0.25, -0.2) is 14.2 Å². The maximum atomic E-state index is 13.3. The number of anilines is 1. The Morgan fingerprint density at radius 3 is 2.61 bits per heavy atom. The molecule has 1 N–H and O–H groups in total. The molecule has 156 valence electrons. The number of nitrogens with one attached hydrogen (secondary N) is 1. The van der Waals surface area contributed by atoms with E-state index in [1.54, 1.807) is 30.4 Å². The third-order valence-electron chi connectivity index (χ3n) is 5.06. The van der Waals surface area contributed by atoms with Crippen LogP contribution in [0.5, 0.6) is 0 Å². The molecule has 0 saturated heterocycles. The average Bonchev–Trinajstić information content (AvgIpc) is 2.76. The van der Waals surface area contributed by atoms with Crippen molar-refractivity contribution >= 4 is 29.2 Å². The van der Waals surface area contributed by atoms with Gasteiger partial charge in [0, 0.05) is 12.2 Å². The number of carbonyl (C=O) groups is 2. The first kappa shape index (κ1) is 20.4. The number of aliphatic imine (C=N–C) groups is 2. The summed E-state index contributed by atoms with van der Waals surface area (Å²) >= 11 is 0. The highest BCUT2D eigenvalue weighted by Crippen LogP contribution is 2.19. The largest absolute Gasteiger partial charge is 0.322 e. The smallest absolute Gasteiger partial charge is 0.313 e. The van der Waals surface area contributed by atoms with Crippen LogP contribution in [-0.4, -0.2) is 34.9 Å². The minimum absolute atomic E-state index is 0.0363. The maximum absolute atomic E-state index is 13.3. The lowest BCUT2D eigenvalue weighted by Gasteiger charge is -2.25. The molecule has 0 bridgehead atoms. The minimum Gasteiger partial charge on any atom is -0.313 e. The molecule has 0 saturated carbocycles. The quantitative estimate of drug-likeness (QED) is 0.790. The molecule has 0 spiro atoms. The molecule has 1 unspecified atom stereocenters. The van der Waals surface area contributed by atoms with Crippen molar-refractivity contribution in [3.05, 3.63) is 89.8 Å². The van der Waals surface area contributed by atoms with E-state index < -0.39 is 5.92 Å². The normalized spacial score (nSPS) is 17.0. The number of benzene rings is 2. The second-order valence-electron chi connectivity index (χ2n) is 7.35. The van der Waals surface area contributed by atoms with Gasteiger partial charge in [0.2, 0.25) is 0 Å². The molecule has 1 heterocycles. The molecule has 0 aromatic heterocycles. The van der Waals surface area contributed by atoms with Crippen LogP contribution in [0.4, 0.5) is 14.9 Å². The summed E-state index contributed by atoms with van der Waals surface area (Å²) in [6.45, 7) is 2.14. The minimum atomic E-state index is -0.472. The number of fused-ring (bicyclic) bond motifs is 1. The van der Waals surface area contributed by atoms with Crippen molar-refractivity contribution in [3.8, 4) is 0 Å². The monoisotopic (exact) mass is 416 g/mol. The lowest BCUT2D eigenvalue weighted by atomic mass is 9.96. The van der Waals surface area contributed by atoms with Gasteiger partial charge >= 0.3 is 6.03 Å². The van der Waals surface area contributed by atoms with Gasteiger partial charge in [-0.1, -0.05) is 48.6 Å². The number of amides is 3. The SMILES string of the molecule is Cc1ccccc1NC(=O)N(CC1=NC(=O)C2C=CC=CC2=N1)Cc1ccc(F)cc1. The molecule has 1 aliphatic carbocycles. The molecule has 7 heteroatoms. The molecule has 2 aromatic carbocycles. The fourth-order valence-electron chi connectivity index (χ4n) is 3.38. The van der Waals surface area contributed by atoms with Gasteiger partial charge < -0.3 is 10.2 Å². The zero-order valence-electron chi connectivity index (χ0n) is 17.0. The Kier molecular flexibility index (Phi) is 5.84. The fraction of sp³-hybridized carbons (Fsp3) is 0.167. The van der Waals surface area contributed by atoms with Crippen LogP contribution in [0.2, 0.25) is 0 Å². The lowest BCUT2D eigenvalue weighted by Crippen LogP contribution is -2.40. The summed E-state index contributed by atoms with van der Waals surface area (Å²) in [6.07, 6.45) is 7.13. The van der Waals surface area contributed by atoms with Gasteiger partial charge in [0.15, 0.2) is 5.84 Å². The van der Waals surface area contributed by atoms with E-state index >= 15 is 0 Å². The number of hydrogen-bond donors (Lipinski definition) is 1. The van der Waals surface area contributed by atoms with E-state index in [0.717, 1.165) is 11.1 Å². The number of para-hydroxylation sites is 1. The molecule has 1 aliphatic heterocycles. The number of aryl methyl sites for hydroxylation is 1. The van der Waals surface area contributed by atoms with E-state index in [4.69, 9.17) is 0 Å². The first-order valence-electron chi connectivity index (χ1n) is 9.90. The summed E-state index contributed by atoms with van der Waals surface area (Å²) in [5.74, 6) is -0.864. The third kappa shape index (κ3) is 4.83. The van der Waals surface area contributed by atoms with Gasteiger partial charge in [-0.15, -0.1) is 0 Å². The van der Waals surface area contributed by atoms with Crippen molar-refractivity contribution in [1.82, 2.24) is 4.90 Å². The van der Waals surface area contributed by atoms with E-state index in [1.165, 1.54) is 17.0 Å². The summed E-state index contributed by atoms with van der Waals surface area (Å²) < 4.78 is 13.3. The zero-order chi connectivity index (χ0) is 21.8. The van der Waals surface area contributed by atoms with Crippen LogP contribution in [-0.2, 0) is 11.3 Å². The number of rotatable bonds is 5. The zero-order valence-corrected chi connectivity index (χ0v) is 17.0. The van der Waals surface area contributed by atoms with E-state index in [0.29, 0.717) is 11.4 Å². The highest BCUT2D eigenvalue weighted by molar-refractivity contribution is 6.21. The number of nitrogens with zero attached hydrogens (tertiary/aromatic N) is 3. The Morgan fingerprint density at radius 2 is 1.84 bits per heavy atom. The van der Waals surface area contributed by atoms with Crippen molar-refractivity contribution in [3.63, 3.8) is 0 Å². The Hall–Kier alpha value is -3.87. The Labute approximate surface area is 179 Å². The van der Waals surface area contributed by atoms with Crippen molar-refractivity contribution in [2.45, 2.75) is 13.5 Å². The first-order chi connectivity index (χ1) is 15.0. The van der Waals surface area contributed by atoms with Crippen LogP contribution in [0.1, 0.15) is 11.1 Å². The van der Waals surface area contributed by atoms with Crippen LogP contribution in [0.15, 0.2) is 82.8 Å². The number of halogens is 1. The predicted octanol–water partition coefficient (Wildman–Crippen LogP) is 4.29. The highest BCUT2D eigenvalue weighted by atomic mass is 19.1. The second kappa shape index (κ2) is 8.87. The van der Waals surface area contributed by atoms with Crippen LogP contribution in [0.25, 0.3) is 0 Å². The van der Waals surface area contributed by atoms with Gasteiger partial charge in [-0.3, -0.25) is 4.79 Å². The first-order valence-corrected chi connectivity index (χ1v) is 9.90. The summed E-state index contributed by atoms with van der Waals surface area (Å²) in [6, 6.07) is 13.0. The molecule has 1 atom stereocenters. The van der Waals surface area contributed by atoms with Gasteiger partial charge in [0.05, 0.1) is 12.3 Å². The molecular weight excluding hydrogens is 395 g/mol. The number of urea groups is 1. The van der Waals surface area contributed by atoms with E-state index in [2.05, 4.69) is 15.3 Å².